The van der Waals surface area contributed by atoms with Crippen LogP contribution in [0.4, 0.5) is 18.9 Å². The average molecular weight is 553 g/mol. The van der Waals surface area contributed by atoms with E-state index >= 15 is 0 Å². The van der Waals surface area contributed by atoms with Crippen molar-refractivity contribution in [2.24, 2.45) is 0 Å². The molecule has 7 nitrogen and oxygen atoms in total. The SMILES string of the molecule is COC(=O)C(COCc1ccccc1)n1cc(Br)cc(NC(=O)c2ccc(C(F)(F)F)cc2)c1=O. The highest BCUT2D eigenvalue weighted by atomic mass is 79.9. The van der Waals surface area contributed by atoms with Gasteiger partial charge in [0.2, 0.25) is 0 Å². The Morgan fingerprint density at radius 1 is 1.09 bits per heavy atom. The number of carbonyl (C=O) groups is 2. The molecule has 0 aliphatic carbocycles. The maximum absolute atomic E-state index is 13.1. The van der Waals surface area contributed by atoms with Gasteiger partial charge < -0.3 is 14.8 Å². The zero-order chi connectivity index (χ0) is 25.6. The molecule has 0 fully saturated rings. The summed E-state index contributed by atoms with van der Waals surface area (Å²) in [5, 5.41) is 2.38. The largest absolute Gasteiger partial charge is 0.467 e. The van der Waals surface area contributed by atoms with Crippen LogP contribution in [0.15, 0.2) is 76.1 Å². The molecule has 0 saturated carbocycles. The number of hydrogen-bond donors (Lipinski definition) is 1. The summed E-state index contributed by atoms with van der Waals surface area (Å²) < 4.78 is 50.2. The van der Waals surface area contributed by atoms with Crippen molar-refractivity contribution in [2.75, 3.05) is 19.0 Å². The summed E-state index contributed by atoms with van der Waals surface area (Å²) in [4.78, 5) is 38.1. The predicted octanol–water partition coefficient (Wildman–Crippen LogP) is 4.81. The van der Waals surface area contributed by atoms with Gasteiger partial charge in [0.25, 0.3) is 11.5 Å². The van der Waals surface area contributed by atoms with Gasteiger partial charge in [0.05, 0.1) is 25.9 Å². The Balaban J connectivity index is 1.83. The molecule has 1 unspecified atom stereocenters. The third kappa shape index (κ3) is 6.80. The number of nitrogens with zero attached hydrogens (tertiary/aromatic N) is 1. The number of alkyl halides is 3. The van der Waals surface area contributed by atoms with E-state index in [0.717, 1.165) is 34.4 Å². The first-order valence-electron chi connectivity index (χ1n) is 10.2. The highest BCUT2D eigenvalue weighted by Crippen LogP contribution is 2.29. The molecule has 0 saturated heterocycles. The van der Waals surface area contributed by atoms with Crippen LogP contribution in [0.5, 0.6) is 0 Å². The minimum Gasteiger partial charge on any atom is -0.467 e. The van der Waals surface area contributed by atoms with E-state index in [-0.39, 0.29) is 24.5 Å². The summed E-state index contributed by atoms with van der Waals surface area (Å²) in [6, 6.07) is 12.9. The number of pyridine rings is 1. The van der Waals surface area contributed by atoms with Gasteiger partial charge in [-0.05, 0) is 51.8 Å². The topological polar surface area (TPSA) is 86.6 Å². The number of hydrogen-bond acceptors (Lipinski definition) is 5. The number of aromatic nitrogens is 1. The minimum absolute atomic E-state index is 0.0837. The Bertz CT molecular complexity index is 1240. The van der Waals surface area contributed by atoms with Gasteiger partial charge in [-0.2, -0.15) is 13.2 Å². The number of anilines is 1. The van der Waals surface area contributed by atoms with Crippen molar-refractivity contribution < 1.29 is 32.2 Å². The molecule has 0 radical (unpaired) electrons. The Labute approximate surface area is 206 Å². The molecule has 3 aromatic rings. The molecule has 0 bridgehead atoms. The molecular weight excluding hydrogens is 533 g/mol. The second kappa shape index (κ2) is 11.3. The average Bonchev–Trinajstić information content (AvgIpc) is 2.84. The molecule has 3 rings (SSSR count). The van der Waals surface area contributed by atoms with Gasteiger partial charge in [0.15, 0.2) is 6.04 Å². The molecule has 1 N–H and O–H groups in total. The predicted molar refractivity (Wildman–Crippen MR) is 125 cm³/mol. The Morgan fingerprint density at radius 3 is 2.34 bits per heavy atom. The molecule has 0 spiro atoms. The number of amides is 1. The number of esters is 1. The maximum atomic E-state index is 13.1. The third-order valence-corrected chi connectivity index (χ3v) is 5.36. The first kappa shape index (κ1) is 26.2. The summed E-state index contributed by atoms with van der Waals surface area (Å²) >= 11 is 3.24. The summed E-state index contributed by atoms with van der Waals surface area (Å²) in [5.41, 5.74) is -1.05. The van der Waals surface area contributed by atoms with Gasteiger partial charge in [-0.25, -0.2) is 4.79 Å². The smallest absolute Gasteiger partial charge is 0.416 e. The first-order valence-corrected chi connectivity index (χ1v) is 11.0. The van der Waals surface area contributed by atoms with E-state index in [1.54, 1.807) is 0 Å². The van der Waals surface area contributed by atoms with E-state index < -0.39 is 35.2 Å². The molecule has 2 aromatic carbocycles. The van der Waals surface area contributed by atoms with Gasteiger partial charge in [-0.15, -0.1) is 0 Å². The van der Waals surface area contributed by atoms with Crippen LogP contribution >= 0.6 is 15.9 Å². The molecule has 35 heavy (non-hydrogen) atoms. The van der Waals surface area contributed by atoms with Crippen molar-refractivity contribution in [3.05, 3.63) is 98.4 Å². The molecule has 11 heteroatoms. The fourth-order valence-electron chi connectivity index (χ4n) is 3.15. The maximum Gasteiger partial charge on any atom is 0.416 e. The normalized spacial score (nSPS) is 12.1. The third-order valence-electron chi connectivity index (χ3n) is 4.93. The van der Waals surface area contributed by atoms with Gasteiger partial charge >= 0.3 is 12.1 Å². The standard InChI is InChI=1S/C24H20BrF3N2O5/c1-34-23(33)20(14-35-13-15-5-3-2-4-6-15)30-12-18(25)11-19(22(30)32)29-21(31)16-7-9-17(10-8-16)24(26,27)28/h2-12,20H,13-14H2,1H3,(H,29,31). The fourth-order valence-corrected chi connectivity index (χ4v) is 3.60. The van der Waals surface area contributed by atoms with Crippen LogP contribution in [0.3, 0.4) is 0 Å². The molecule has 1 aromatic heterocycles. The molecule has 0 aliphatic heterocycles. The van der Waals surface area contributed by atoms with Crippen LogP contribution in [0.2, 0.25) is 0 Å². The zero-order valence-corrected chi connectivity index (χ0v) is 19.9. The molecule has 1 atom stereocenters. The van der Waals surface area contributed by atoms with E-state index in [1.807, 2.05) is 30.3 Å². The summed E-state index contributed by atoms with van der Waals surface area (Å²) in [5.74, 6) is -1.53. The first-order chi connectivity index (χ1) is 16.6. The highest BCUT2D eigenvalue weighted by Gasteiger charge is 2.30. The lowest BCUT2D eigenvalue weighted by Gasteiger charge is -2.19. The van der Waals surface area contributed by atoms with Gasteiger partial charge in [-0.1, -0.05) is 30.3 Å². The van der Waals surface area contributed by atoms with Crippen molar-refractivity contribution in [1.29, 1.82) is 0 Å². The molecule has 1 amide bonds. The Kier molecular flexibility index (Phi) is 8.47. The monoisotopic (exact) mass is 552 g/mol. The second-order valence-corrected chi connectivity index (χ2v) is 8.27. The van der Waals surface area contributed by atoms with Crippen LogP contribution in [-0.2, 0) is 27.1 Å². The molecular formula is C24H20BrF3N2O5. The summed E-state index contributed by atoms with van der Waals surface area (Å²) in [6.07, 6.45) is -3.19. The number of benzene rings is 2. The van der Waals surface area contributed by atoms with E-state index in [2.05, 4.69) is 21.2 Å². The van der Waals surface area contributed by atoms with Gasteiger partial charge in [0, 0.05) is 16.2 Å². The van der Waals surface area contributed by atoms with Crippen LogP contribution in [0.25, 0.3) is 0 Å². The van der Waals surface area contributed by atoms with Crippen molar-refractivity contribution in [2.45, 2.75) is 18.8 Å². The number of methoxy groups -OCH3 is 1. The summed E-state index contributed by atoms with van der Waals surface area (Å²) in [7, 11) is 1.17. The number of rotatable bonds is 8. The fraction of sp³-hybridized carbons (Fsp3) is 0.208. The lowest BCUT2D eigenvalue weighted by atomic mass is 10.1. The second-order valence-electron chi connectivity index (χ2n) is 7.35. The lowest BCUT2D eigenvalue weighted by molar-refractivity contribution is -0.147. The summed E-state index contributed by atoms with van der Waals surface area (Å²) in [6.45, 7) is -0.00117. The Morgan fingerprint density at radius 2 is 1.74 bits per heavy atom. The molecule has 184 valence electrons. The molecule has 0 aliphatic rings. The van der Waals surface area contributed by atoms with Crippen molar-refractivity contribution in [3.63, 3.8) is 0 Å². The van der Waals surface area contributed by atoms with Crippen LogP contribution in [0.1, 0.15) is 27.5 Å². The Hall–Kier alpha value is -3.44. The van der Waals surface area contributed by atoms with E-state index in [0.29, 0.717) is 4.47 Å². The van der Waals surface area contributed by atoms with Crippen molar-refractivity contribution >= 4 is 33.5 Å². The van der Waals surface area contributed by atoms with E-state index in [1.165, 1.54) is 19.4 Å². The van der Waals surface area contributed by atoms with Crippen molar-refractivity contribution in [1.82, 2.24) is 4.57 Å². The number of nitrogens with one attached hydrogen (secondary N) is 1. The van der Waals surface area contributed by atoms with Gasteiger partial charge in [0.1, 0.15) is 5.69 Å². The highest BCUT2D eigenvalue weighted by molar-refractivity contribution is 9.10. The number of halogens is 4. The van der Waals surface area contributed by atoms with Gasteiger partial charge in [-0.3, -0.25) is 14.2 Å². The van der Waals surface area contributed by atoms with Crippen LogP contribution in [-0.4, -0.2) is 30.2 Å². The van der Waals surface area contributed by atoms with Crippen LogP contribution < -0.4 is 10.9 Å². The van der Waals surface area contributed by atoms with Crippen molar-refractivity contribution in [3.8, 4) is 0 Å². The zero-order valence-electron chi connectivity index (χ0n) is 18.3. The van der Waals surface area contributed by atoms with Crippen LogP contribution in [0, 0.1) is 0 Å². The number of ether oxygens (including phenoxy) is 2. The van der Waals surface area contributed by atoms with E-state index in [9.17, 15) is 27.6 Å². The molecule has 1 heterocycles. The number of carbonyl (C=O) groups excluding carboxylic acids is 2. The van der Waals surface area contributed by atoms with E-state index in [4.69, 9.17) is 9.47 Å². The quantitative estimate of drug-likeness (QED) is 0.405. The minimum atomic E-state index is -4.54. The lowest BCUT2D eigenvalue weighted by Crippen LogP contribution is -2.35.